The molecule has 0 aromatic heterocycles. The van der Waals surface area contributed by atoms with Gasteiger partial charge in [-0.2, -0.15) is 0 Å². The van der Waals surface area contributed by atoms with Gasteiger partial charge in [0.25, 0.3) is 0 Å². The summed E-state index contributed by atoms with van der Waals surface area (Å²) in [7, 11) is 0. The van der Waals surface area contributed by atoms with Crippen LogP contribution in [-0.4, -0.2) is 17.1 Å². The highest BCUT2D eigenvalue weighted by Gasteiger charge is 2.65. The summed E-state index contributed by atoms with van der Waals surface area (Å²) < 4.78 is 28.4. The van der Waals surface area contributed by atoms with Crippen LogP contribution in [0, 0.1) is 46.8 Å². The first-order chi connectivity index (χ1) is 11.9. The minimum absolute atomic E-state index is 0.107. The molecule has 138 valence electrons. The third kappa shape index (κ3) is 2.43. The Balaban J connectivity index is 1.75. The van der Waals surface area contributed by atoms with E-state index in [1.807, 2.05) is 6.92 Å². The zero-order valence-electron chi connectivity index (χ0n) is 15.4. The number of hydrogen-bond donors (Lipinski definition) is 1. The van der Waals surface area contributed by atoms with E-state index in [4.69, 9.17) is 0 Å². The highest BCUT2D eigenvalue weighted by molar-refractivity contribution is 5.27. The second-order valence-electron chi connectivity index (χ2n) is 9.10. The molecule has 7 atom stereocenters. The predicted molar refractivity (Wildman–Crippen MR) is 95.0 cm³/mol. The van der Waals surface area contributed by atoms with Gasteiger partial charge in [-0.15, -0.1) is 5.92 Å². The quantitative estimate of drug-likeness (QED) is 0.510. The largest absolute Gasteiger partial charge is 0.377 e. The van der Waals surface area contributed by atoms with E-state index in [0.29, 0.717) is 30.6 Å². The Morgan fingerprint density at radius 3 is 2.80 bits per heavy atom. The molecule has 0 aliphatic heterocycles. The molecule has 0 saturated heterocycles. The smallest absolute Gasteiger partial charge is 0.241 e. The van der Waals surface area contributed by atoms with E-state index >= 15 is 0 Å². The standard InChI is InChI=1S/C22H30F2O/c1-3-11-22(25)12-10-18-16-9-8-14-6-4-5-7-15(14)19(16)17(20(23)24)13-21(18,22)2/h6,15-20,25H,4-5,7-10,12-13H2,1-2H3/t15-,16-,17-,18-,19+,21-,22-/m0/s1. The molecule has 0 bridgehead atoms. The molecular weight excluding hydrogens is 318 g/mol. The molecule has 3 heteroatoms. The summed E-state index contributed by atoms with van der Waals surface area (Å²) >= 11 is 0. The molecule has 0 unspecified atom stereocenters. The van der Waals surface area contributed by atoms with Gasteiger partial charge in [0.1, 0.15) is 5.60 Å². The van der Waals surface area contributed by atoms with Crippen LogP contribution in [0.25, 0.3) is 0 Å². The molecule has 1 N–H and O–H groups in total. The molecule has 3 saturated carbocycles. The number of hydrogen-bond acceptors (Lipinski definition) is 1. The van der Waals surface area contributed by atoms with Crippen LogP contribution in [0.5, 0.6) is 0 Å². The maximum Gasteiger partial charge on any atom is 0.241 e. The summed E-state index contributed by atoms with van der Waals surface area (Å²) in [6, 6.07) is 0. The zero-order chi connectivity index (χ0) is 17.8. The Morgan fingerprint density at radius 2 is 2.08 bits per heavy atom. The third-order valence-corrected chi connectivity index (χ3v) is 8.23. The van der Waals surface area contributed by atoms with Gasteiger partial charge >= 0.3 is 0 Å². The SMILES string of the molecule is CC#C[C@]1(O)CC[C@H]2[C@@H]3CCC4=CCCC[C@@H]4[C@H]3[C@@H](C(F)F)C[C@@]21C. The molecule has 0 spiro atoms. The van der Waals surface area contributed by atoms with Gasteiger partial charge in [-0.25, -0.2) is 8.78 Å². The van der Waals surface area contributed by atoms with E-state index in [2.05, 4.69) is 17.9 Å². The first-order valence-electron chi connectivity index (χ1n) is 10.0. The van der Waals surface area contributed by atoms with E-state index in [1.165, 1.54) is 5.57 Å². The summed E-state index contributed by atoms with van der Waals surface area (Å²) in [4.78, 5) is 0. The molecule has 0 amide bonds. The van der Waals surface area contributed by atoms with Gasteiger partial charge in [0.2, 0.25) is 6.43 Å². The van der Waals surface area contributed by atoms with Crippen molar-refractivity contribution < 1.29 is 13.9 Å². The summed E-state index contributed by atoms with van der Waals surface area (Å²) in [6.07, 6.45) is 7.48. The molecule has 4 rings (SSSR count). The lowest BCUT2D eigenvalue weighted by atomic mass is 9.47. The Labute approximate surface area is 150 Å². The van der Waals surface area contributed by atoms with Crippen LogP contribution in [0.15, 0.2) is 11.6 Å². The van der Waals surface area contributed by atoms with Crippen molar-refractivity contribution in [2.75, 3.05) is 0 Å². The van der Waals surface area contributed by atoms with Crippen molar-refractivity contribution in [1.29, 1.82) is 0 Å². The molecule has 0 aromatic carbocycles. The van der Waals surface area contributed by atoms with Crippen LogP contribution in [0.2, 0.25) is 0 Å². The Hall–Kier alpha value is -0.880. The van der Waals surface area contributed by atoms with Crippen molar-refractivity contribution in [3.05, 3.63) is 11.6 Å². The fourth-order valence-electron chi connectivity index (χ4n) is 7.18. The fraction of sp³-hybridized carbons (Fsp3) is 0.818. The van der Waals surface area contributed by atoms with Gasteiger partial charge in [-0.3, -0.25) is 0 Å². The molecule has 4 aliphatic carbocycles. The number of alkyl halides is 2. The molecule has 0 heterocycles. The maximum absolute atomic E-state index is 14.2. The van der Waals surface area contributed by atoms with Crippen LogP contribution in [-0.2, 0) is 0 Å². The van der Waals surface area contributed by atoms with Gasteiger partial charge in [-0.1, -0.05) is 24.5 Å². The van der Waals surface area contributed by atoms with E-state index in [0.717, 1.165) is 38.5 Å². The number of aliphatic hydroxyl groups is 1. The van der Waals surface area contributed by atoms with Crippen molar-refractivity contribution in [3.8, 4) is 11.8 Å². The lowest BCUT2D eigenvalue weighted by molar-refractivity contribution is -0.143. The maximum atomic E-state index is 14.2. The lowest BCUT2D eigenvalue weighted by Crippen LogP contribution is -2.56. The van der Waals surface area contributed by atoms with Gasteiger partial charge in [0, 0.05) is 11.3 Å². The molecule has 4 aliphatic rings. The van der Waals surface area contributed by atoms with Gasteiger partial charge < -0.3 is 5.11 Å². The summed E-state index contributed by atoms with van der Waals surface area (Å²) in [5.41, 5.74) is -0.121. The number of fused-ring (bicyclic) bond motifs is 5. The van der Waals surface area contributed by atoms with E-state index in [1.54, 1.807) is 6.92 Å². The molecule has 25 heavy (non-hydrogen) atoms. The van der Waals surface area contributed by atoms with Crippen LogP contribution in [0.4, 0.5) is 8.78 Å². The van der Waals surface area contributed by atoms with Crippen molar-refractivity contribution in [1.82, 2.24) is 0 Å². The molecule has 0 radical (unpaired) electrons. The summed E-state index contributed by atoms with van der Waals surface area (Å²) in [5.74, 6) is 6.43. The Bertz CT molecular complexity index is 630. The number of allylic oxidation sites excluding steroid dienone is 2. The molecule has 3 fully saturated rings. The van der Waals surface area contributed by atoms with Crippen molar-refractivity contribution in [3.63, 3.8) is 0 Å². The van der Waals surface area contributed by atoms with E-state index in [-0.39, 0.29) is 5.92 Å². The van der Waals surface area contributed by atoms with Crippen molar-refractivity contribution >= 4 is 0 Å². The van der Waals surface area contributed by atoms with E-state index in [9.17, 15) is 13.9 Å². The Morgan fingerprint density at radius 1 is 1.28 bits per heavy atom. The number of halogens is 2. The minimum atomic E-state index is -2.30. The topological polar surface area (TPSA) is 20.2 Å². The van der Waals surface area contributed by atoms with Crippen LogP contribution < -0.4 is 0 Å². The molecular formula is C22H30F2O. The summed E-state index contributed by atoms with van der Waals surface area (Å²) in [5, 5.41) is 11.2. The normalized spacial score (nSPS) is 48.7. The minimum Gasteiger partial charge on any atom is -0.377 e. The van der Waals surface area contributed by atoms with Crippen molar-refractivity contribution in [2.45, 2.75) is 77.2 Å². The second kappa shape index (κ2) is 6.08. The van der Waals surface area contributed by atoms with Gasteiger partial charge in [0.05, 0.1) is 0 Å². The van der Waals surface area contributed by atoms with Crippen molar-refractivity contribution in [2.24, 2.45) is 35.0 Å². The zero-order valence-corrected chi connectivity index (χ0v) is 15.4. The molecule has 0 aromatic rings. The van der Waals surface area contributed by atoms with Crippen LogP contribution >= 0.6 is 0 Å². The fourth-order valence-corrected chi connectivity index (χ4v) is 7.18. The first kappa shape index (κ1) is 17.5. The third-order valence-electron chi connectivity index (χ3n) is 8.23. The average Bonchev–Trinajstić information content (AvgIpc) is 2.85. The Kier molecular flexibility index (Phi) is 4.27. The highest BCUT2D eigenvalue weighted by Crippen LogP contribution is 2.67. The second-order valence-corrected chi connectivity index (χ2v) is 9.10. The van der Waals surface area contributed by atoms with Crippen LogP contribution in [0.3, 0.4) is 0 Å². The average molecular weight is 348 g/mol. The highest BCUT2D eigenvalue weighted by atomic mass is 19.3. The van der Waals surface area contributed by atoms with Gasteiger partial charge in [0.15, 0.2) is 0 Å². The first-order valence-corrected chi connectivity index (χ1v) is 10.0. The lowest BCUT2D eigenvalue weighted by Gasteiger charge is -2.57. The molecule has 1 nitrogen and oxygen atoms in total. The van der Waals surface area contributed by atoms with Gasteiger partial charge in [-0.05, 0) is 82.0 Å². The monoisotopic (exact) mass is 348 g/mol. The predicted octanol–water partition coefficient (Wildman–Crippen LogP) is 5.19. The summed E-state index contributed by atoms with van der Waals surface area (Å²) in [6.45, 7) is 3.79. The number of rotatable bonds is 1. The van der Waals surface area contributed by atoms with Crippen LogP contribution in [0.1, 0.15) is 65.2 Å². The van der Waals surface area contributed by atoms with E-state index < -0.39 is 23.4 Å².